The molecule has 5 nitrogen and oxygen atoms in total. The number of hydrogen-bond acceptors (Lipinski definition) is 3. The number of carbonyl (C=O) groups is 1. The number of rotatable bonds is 4. The fourth-order valence-electron chi connectivity index (χ4n) is 7.12. The summed E-state index contributed by atoms with van der Waals surface area (Å²) >= 11 is 0. The summed E-state index contributed by atoms with van der Waals surface area (Å²) in [6.45, 7) is 7.84. The normalized spacial score (nSPS) is 22.7. The van der Waals surface area contributed by atoms with E-state index in [1.165, 1.54) is 0 Å². The first-order valence-electron chi connectivity index (χ1n) is 14.6. The van der Waals surface area contributed by atoms with Gasteiger partial charge in [-0.3, -0.25) is 9.80 Å². The topological polar surface area (TPSA) is 30.0 Å². The van der Waals surface area contributed by atoms with Crippen molar-refractivity contribution in [3.8, 4) is 0 Å². The predicted octanol–water partition coefficient (Wildman–Crippen LogP) is 6.34. The molecule has 4 fully saturated rings. The lowest BCUT2D eigenvalue weighted by atomic mass is 9.70. The highest BCUT2D eigenvalue weighted by atomic mass is 19.4. The van der Waals surface area contributed by atoms with E-state index in [1.807, 2.05) is 9.80 Å². The summed E-state index contributed by atoms with van der Waals surface area (Å²) in [4.78, 5) is 21.6. The van der Waals surface area contributed by atoms with Crippen LogP contribution in [0.4, 0.5) is 31.1 Å². The molecule has 2 aromatic rings. The van der Waals surface area contributed by atoms with Crippen molar-refractivity contribution in [3.63, 3.8) is 0 Å². The summed E-state index contributed by atoms with van der Waals surface area (Å²) in [7, 11) is 0. The average molecular weight is 595 g/mol. The van der Waals surface area contributed by atoms with Crippen molar-refractivity contribution < 1.29 is 31.1 Å². The molecular weight excluding hydrogens is 558 g/mol. The van der Waals surface area contributed by atoms with E-state index in [-0.39, 0.29) is 16.9 Å². The van der Waals surface area contributed by atoms with Gasteiger partial charge >= 0.3 is 18.4 Å². The zero-order valence-electron chi connectivity index (χ0n) is 23.5. The second-order valence-electron chi connectivity index (χ2n) is 12.9. The summed E-state index contributed by atoms with van der Waals surface area (Å²) in [6.07, 6.45) is -4.71. The third-order valence-corrected chi connectivity index (χ3v) is 9.85. The number of hydrogen-bond donors (Lipinski definition) is 0. The Morgan fingerprint density at radius 3 is 1.17 bits per heavy atom. The fourth-order valence-corrected chi connectivity index (χ4v) is 7.12. The van der Waals surface area contributed by atoms with Gasteiger partial charge in [0.05, 0.1) is 11.1 Å². The standard InChI is InChI=1S/C31H36F6N4O/c32-30(33,34)25-5-1-23(2-6-25)17-38-13-9-28(10-14-38)19-40(20-28)27(42)41-21-29(22-41)11-15-39(16-12-29)18-24-3-7-26(8-4-24)31(35,36)37/h1-8H,9-22H2. The van der Waals surface area contributed by atoms with Gasteiger partial charge in [0.1, 0.15) is 0 Å². The molecule has 228 valence electrons. The molecule has 4 saturated heterocycles. The van der Waals surface area contributed by atoms with Crippen molar-refractivity contribution in [2.24, 2.45) is 10.8 Å². The highest BCUT2D eigenvalue weighted by Crippen LogP contribution is 2.45. The molecule has 0 N–H and O–H groups in total. The highest BCUT2D eigenvalue weighted by molar-refractivity contribution is 5.76. The highest BCUT2D eigenvalue weighted by Gasteiger charge is 2.52. The SMILES string of the molecule is O=C(N1CC2(CCN(Cc3ccc(C(F)(F)F)cc3)CC2)C1)N1CC2(CCN(Cc3ccc(C(F)(F)F)cc3)CC2)C1. The van der Waals surface area contributed by atoms with Gasteiger partial charge in [-0.2, -0.15) is 26.3 Å². The van der Waals surface area contributed by atoms with Crippen LogP contribution in [0.15, 0.2) is 48.5 Å². The minimum absolute atomic E-state index is 0.116. The molecule has 0 radical (unpaired) electrons. The molecule has 0 bridgehead atoms. The Morgan fingerprint density at radius 1 is 0.571 bits per heavy atom. The number of alkyl halides is 6. The molecule has 2 amide bonds. The molecule has 0 aromatic heterocycles. The van der Waals surface area contributed by atoms with Crippen LogP contribution in [0.2, 0.25) is 0 Å². The average Bonchev–Trinajstić information content (AvgIpc) is 2.91. The van der Waals surface area contributed by atoms with Crippen LogP contribution in [0.5, 0.6) is 0 Å². The number of carbonyl (C=O) groups excluding carboxylic acids is 1. The summed E-state index contributed by atoms with van der Waals surface area (Å²) in [5.74, 6) is 0. The number of nitrogens with zero attached hydrogens (tertiary/aromatic N) is 4. The third-order valence-electron chi connectivity index (χ3n) is 9.85. The number of amides is 2. The molecule has 0 unspecified atom stereocenters. The van der Waals surface area contributed by atoms with E-state index in [2.05, 4.69) is 9.80 Å². The van der Waals surface area contributed by atoms with Gasteiger partial charge in [-0.1, -0.05) is 24.3 Å². The van der Waals surface area contributed by atoms with Crippen LogP contribution < -0.4 is 0 Å². The molecule has 2 spiro atoms. The first-order valence-corrected chi connectivity index (χ1v) is 14.6. The first-order chi connectivity index (χ1) is 19.8. The van der Waals surface area contributed by atoms with Crippen molar-refractivity contribution >= 4 is 6.03 Å². The molecule has 42 heavy (non-hydrogen) atoms. The Morgan fingerprint density at radius 2 is 0.881 bits per heavy atom. The Bertz CT molecular complexity index is 1150. The minimum atomic E-state index is -4.32. The van der Waals surface area contributed by atoms with Crippen LogP contribution >= 0.6 is 0 Å². The monoisotopic (exact) mass is 594 g/mol. The van der Waals surface area contributed by atoms with Gasteiger partial charge in [0.15, 0.2) is 0 Å². The molecule has 0 aliphatic carbocycles. The van der Waals surface area contributed by atoms with Gasteiger partial charge < -0.3 is 9.80 Å². The number of likely N-dealkylation sites (tertiary alicyclic amines) is 4. The van der Waals surface area contributed by atoms with E-state index < -0.39 is 23.5 Å². The van der Waals surface area contributed by atoms with E-state index in [0.29, 0.717) is 13.1 Å². The van der Waals surface area contributed by atoms with E-state index in [9.17, 15) is 31.1 Å². The summed E-state index contributed by atoms with van der Waals surface area (Å²) < 4.78 is 76.9. The number of piperidine rings is 2. The Balaban J connectivity index is 0.899. The van der Waals surface area contributed by atoms with Crippen molar-refractivity contribution in [2.75, 3.05) is 52.4 Å². The number of benzene rings is 2. The largest absolute Gasteiger partial charge is 0.416 e. The summed E-state index contributed by atoms with van der Waals surface area (Å²) in [6, 6.07) is 10.9. The van der Waals surface area contributed by atoms with E-state index in [1.54, 1.807) is 24.3 Å². The van der Waals surface area contributed by atoms with Gasteiger partial charge in [0, 0.05) is 50.1 Å². The van der Waals surface area contributed by atoms with Crippen LogP contribution in [0.1, 0.15) is 47.9 Å². The van der Waals surface area contributed by atoms with Gasteiger partial charge in [0.2, 0.25) is 0 Å². The summed E-state index contributed by atoms with van der Waals surface area (Å²) in [5, 5.41) is 0. The Hall–Kier alpha value is -2.79. The predicted molar refractivity (Wildman–Crippen MR) is 145 cm³/mol. The van der Waals surface area contributed by atoms with Crippen LogP contribution in [0, 0.1) is 10.8 Å². The lowest BCUT2D eigenvalue weighted by Crippen LogP contribution is -2.69. The second kappa shape index (κ2) is 10.7. The third kappa shape index (κ3) is 6.13. The van der Waals surface area contributed by atoms with Crippen molar-refractivity contribution in [2.45, 2.75) is 51.1 Å². The maximum Gasteiger partial charge on any atom is 0.416 e. The fraction of sp³-hybridized carbons (Fsp3) is 0.581. The lowest BCUT2D eigenvalue weighted by molar-refractivity contribution is -0.138. The van der Waals surface area contributed by atoms with Crippen LogP contribution in [0.25, 0.3) is 0 Å². The van der Waals surface area contributed by atoms with Gasteiger partial charge in [-0.25, -0.2) is 4.79 Å². The number of halogens is 6. The molecule has 2 aromatic carbocycles. The smallest absolute Gasteiger partial charge is 0.323 e. The Labute approximate surface area is 242 Å². The molecule has 4 aliphatic rings. The van der Waals surface area contributed by atoms with E-state index in [0.717, 1.165) is 113 Å². The van der Waals surface area contributed by atoms with E-state index in [4.69, 9.17) is 0 Å². The molecule has 11 heteroatoms. The maximum absolute atomic E-state index is 13.1. The quantitative estimate of drug-likeness (QED) is 0.387. The number of urea groups is 1. The Kier molecular flexibility index (Phi) is 7.48. The van der Waals surface area contributed by atoms with Gasteiger partial charge in [0.25, 0.3) is 0 Å². The second-order valence-corrected chi connectivity index (χ2v) is 12.9. The first kappa shape index (κ1) is 29.3. The molecule has 4 aliphatic heterocycles. The van der Waals surface area contributed by atoms with Crippen LogP contribution in [-0.2, 0) is 25.4 Å². The van der Waals surface area contributed by atoms with Gasteiger partial charge in [-0.15, -0.1) is 0 Å². The van der Waals surface area contributed by atoms with Crippen LogP contribution in [-0.4, -0.2) is 78.0 Å². The van der Waals surface area contributed by atoms with Gasteiger partial charge in [-0.05, 0) is 87.3 Å². The molecular formula is C31H36F6N4O. The van der Waals surface area contributed by atoms with Crippen molar-refractivity contribution in [1.29, 1.82) is 0 Å². The molecule has 4 heterocycles. The van der Waals surface area contributed by atoms with E-state index >= 15 is 0 Å². The van der Waals surface area contributed by atoms with Crippen molar-refractivity contribution in [3.05, 3.63) is 70.8 Å². The summed E-state index contributed by atoms with van der Waals surface area (Å²) in [5.41, 5.74) is 0.802. The molecule has 6 rings (SSSR count). The minimum Gasteiger partial charge on any atom is -0.323 e. The lowest BCUT2D eigenvalue weighted by Gasteiger charge is -2.59. The van der Waals surface area contributed by atoms with Crippen molar-refractivity contribution in [1.82, 2.24) is 19.6 Å². The zero-order valence-corrected chi connectivity index (χ0v) is 23.5. The maximum atomic E-state index is 13.1. The molecule has 0 saturated carbocycles. The van der Waals surface area contributed by atoms with Crippen LogP contribution in [0.3, 0.4) is 0 Å². The zero-order chi connectivity index (χ0) is 29.8. The molecule has 0 atom stereocenters.